The highest BCUT2D eigenvalue weighted by Gasteiger charge is 2.43. The van der Waals surface area contributed by atoms with Gasteiger partial charge in [-0.15, -0.1) is 0 Å². The molecule has 0 aliphatic rings. The summed E-state index contributed by atoms with van der Waals surface area (Å²) in [7, 11) is -2.71. The van der Waals surface area contributed by atoms with Gasteiger partial charge in [-0.25, -0.2) is 0 Å². The number of fused-ring (bicyclic) bond motifs is 3. The fourth-order valence-corrected chi connectivity index (χ4v) is 11.3. The maximum Gasteiger partial charge on any atom is 0.180 e. The summed E-state index contributed by atoms with van der Waals surface area (Å²) in [4.78, 5) is 0. The van der Waals surface area contributed by atoms with Gasteiger partial charge in [0.25, 0.3) is 0 Å². The number of hydrogen-bond acceptors (Lipinski definition) is 0. The summed E-state index contributed by atoms with van der Waals surface area (Å²) in [6.07, 6.45) is 0. The number of rotatable bonds is 5. The molecule has 0 N–H and O–H groups in total. The molecule has 0 saturated heterocycles. The van der Waals surface area contributed by atoms with E-state index in [0.717, 1.165) is 0 Å². The van der Waals surface area contributed by atoms with Gasteiger partial charge in [-0.2, -0.15) is 0 Å². The van der Waals surface area contributed by atoms with Gasteiger partial charge in [0.15, 0.2) is 8.07 Å². The smallest absolute Gasteiger partial charge is 0.180 e. The zero-order chi connectivity index (χ0) is 26.2. The van der Waals surface area contributed by atoms with E-state index in [9.17, 15) is 0 Å². The Hall–Kier alpha value is -4.66. The third kappa shape index (κ3) is 3.68. The minimum atomic E-state index is -2.71. The Kier molecular flexibility index (Phi) is 5.76. The maximum absolute atomic E-state index is 2.71. The molecule has 0 spiro atoms. The monoisotopic (exact) mass is 515 g/mol. The van der Waals surface area contributed by atoms with E-state index in [1.165, 1.54) is 53.8 Å². The van der Waals surface area contributed by atoms with Crippen molar-refractivity contribution in [3.63, 3.8) is 0 Å². The molecule has 7 rings (SSSR count). The third-order valence-electron chi connectivity index (χ3n) is 8.01. The number of aryl methyl sites for hydroxylation is 1. The third-order valence-corrected chi connectivity index (χ3v) is 12.8. The molecule has 0 fully saturated rings. The summed E-state index contributed by atoms with van der Waals surface area (Å²) in [6.45, 7) is 2.17. The Balaban J connectivity index is 1.70. The highest BCUT2D eigenvalue weighted by molar-refractivity contribution is 7.20. The molecule has 0 unspecified atom stereocenters. The topological polar surface area (TPSA) is 4.93 Å². The van der Waals surface area contributed by atoms with Crippen LogP contribution in [0.1, 0.15) is 5.56 Å². The van der Waals surface area contributed by atoms with E-state index in [4.69, 9.17) is 0 Å². The van der Waals surface area contributed by atoms with Gasteiger partial charge >= 0.3 is 0 Å². The molecule has 0 saturated carbocycles. The molecule has 1 aromatic heterocycles. The Morgan fingerprint density at radius 1 is 0.436 bits per heavy atom. The molecule has 1 nitrogen and oxygen atoms in total. The Morgan fingerprint density at radius 3 is 1.59 bits per heavy atom. The van der Waals surface area contributed by atoms with Crippen LogP contribution < -0.4 is 20.7 Å². The summed E-state index contributed by atoms with van der Waals surface area (Å²) < 4.78 is 2.43. The first-order chi connectivity index (χ1) is 19.3. The average Bonchev–Trinajstić information content (AvgIpc) is 3.35. The molecular weight excluding hydrogens is 487 g/mol. The second kappa shape index (κ2) is 9.58. The lowest BCUT2D eigenvalue weighted by molar-refractivity contribution is 1.18. The van der Waals surface area contributed by atoms with Crippen LogP contribution in [-0.2, 0) is 0 Å². The lowest BCUT2D eigenvalue weighted by Crippen LogP contribution is -2.74. The number of nitrogens with zero attached hydrogens (tertiary/aromatic N) is 1. The largest absolute Gasteiger partial charge is 0.309 e. The van der Waals surface area contributed by atoms with E-state index in [-0.39, 0.29) is 0 Å². The van der Waals surface area contributed by atoms with Gasteiger partial charge in [0, 0.05) is 16.5 Å². The van der Waals surface area contributed by atoms with Crippen LogP contribution in [0.25, 0.3) is 27.5 Å². The van der Waals surface area contributed by atoms with E-state index >= 15 is 0 Å². The summed E-state index contributed by atoms with van der Waals surface area (Å²) in [5.41, 5.74) is 4.94. The molecule has 7 aromatic rings. The van der Waals surface area contributed by atoms with Crippen molar-refractivity contribution in [1.82, 2.24) is 4.57 Å². The fraction of sp³-hybridized carbons (Fsp3) is 0.0270. The maximum atomic E-state index is 2.43. The van der Waals surface area contributed by atoms with E-state index in [2.05, 4.69) is 169 Å². The first-order valence-corrected chi connectivity index (χ1v) is 15.5. The molecule has 0 bridgehead atoms. The first-order valence-electron chi connectivity index (χ1n) is 13.5. The summed E-state index contributed by atoms with van der Waals surface area (Å²) in [5, 5.41) is 8.24. The van der Waals surface area contributed by atoms with Crippen LogP contribution in [0.3, 0.4) is 0 Å². The highest BCUT2D eigenvalue weighted by atomic mass is 28.3. The molecule has 0 atom stereocenters. The van der Waals surface area contributed by atoms with Crippen LogP contribution in [0.2, 0.25) is 0 Å². The molecule has 6 aromatic carbocycles. The van der Waals surface area contributed by atoms with Crippen LogP contribution in [0.4, 0.5) is 0 Å². The molecule has 0 amide bonds. The Bertz CT molecular complexity index is 1850. The molecule has 0 aliphatic carbocycles. The molecule has 2 heteroatoms. The van der Waals surface area contributed by atoms with Gasteiger partial charge < -0.3 is 4.57 Å². The van der Waals surface area contributed by atoms with Crippen molar-refractivity contribution in [3.8, 4) is 5.69 Å². The number of hydrogen-bond donors (Lipinski definition) is 0. The molecular formula is C37H29NSi. The number of benzene rings is 6. The normalized spacial score (nSPS) is 11.7. The molecule has 186 valence electrons. The Morgan fingerprint density at radius 2 is 0.949 bits per heavy atom. The van der Waals surface area contributed by atoms with Crippen LogP contribution in [0.15, 0.2) is 158 Å². The van der Waals surface area contributed by atoms with Crippen LogP contribution in [0, 0.1) is 6.92 Å². The zero-order valence-corrected chi connectivity index (χ0v) is 23.0. The lowest BCUT2D eigenvalue weighted by Gasteiger charge is -2.35. The Labute approximate surface area is 230 Å². The molecule has 0 radical (unpaired) electrons. The van der Waals surface area contributed by atoms with E-state index in [1.54, 1.807) is 0 Å². The van der Waals surface area contributed by atoms with Gasteiger partial charge in [-0.3, -0.25) is 0 Å². The van der Waals surface area contributed by atoms with Crippen molar-refractivity contribution in [2.75, 3.05) is 0 Å². The predicted molar refractivity (Wildman–Crippen MR) is 169 cm³/mol. The quantitative estimate of drug-likeness (QED) is 0.183. The molecule has 1 heterocycles. The van der Waals surface area contributed by atoms with Gasteiger partial charge in [-0.05, 0) is 51.9 Å². The first kappa shape index (κ1) is 23.5. The number of para-hydroxylation sites is 2. The minimum absolute atomic E-state index is 1.18. The standard InChI is InChI=1S/C37H29NSi/c1-28-24-26-32(27-25-28)39(30-16-7-3-8-17-30,31-18-9-4-10-19-31)36-23-13-22-35-37(36)33-20-11-12-21-34(33)38(35)29-14-5-2-6-15-29/h2-27H,1H3. The van der Waals surface area contributed by atoms with Crippen LogP contribution >= 0.6 is 0 Å². The predicted octanol–water partition coefficient (Wildman–Crippen LogP) is 6.47. The van der Waals surface area contributed by atoms with Crippen LogP contribution in [0.5, 0.6) is 0 Å². The lowest BCUT2D eigenvalue weighted by atomic mass is 10.1. The van der Waals surface area contributed by atoms with Gasteiger partial charge in [-0.1, -0.05) is 139 Å². The van der Waals surface area contributed by atoms with Crippen LogP contribution in [-0.4, -0.2) is 12.6 Å². The van der Waals surface area contributed by atoms with Crippen molar-refractivity contribution < 1.29 is 0 Å². The number of aromatic nitrogens is 1. The van der Waals surface area contributed by atoms with E-state index in [0.29, 0.717) is 0 Å². The van der Waals surface area contributed by atoms with Crippen molar-refractivity contribution in [3.05, 3.63) is 163 Å². The van der Waals surface area contributed by atoms with Crippen molar-refractivity contribution in [1.29, 1.82) is 0 Å². The van der Waals surface area contributed by atoms with Gasteiger partial charge in [0.05, 0.1) is 11.0 Å². The van der Waals surface area contributed by atoms with Gasteiger partial charge in [0.2, 0.25) is 0 Å². The summed E-state index contributed by atoms with van der Waals surface area (Å²) in [6, 6.07) is 58.3. The summed E-state index contributed by atoms with van der Waals surface area (Å²) in [5.74, 6) is 0. The highest BCUT2D eigenvalue weighted by Crippen LogP contribution is 2.32. The van der Waals surface area contributed by atoms with E-state index in [1.807, 2.05) is 0 Å². The molecule has 39 heavy (non-hydrogen) atoms. The van der Waals surface area contributed by atoms with Gasteiger partial charge in [0.1, 0.15) is 0 Å². The summed E-state index contributed by atoms with van der Waals surface area (Å²) >= 11 is 0. The fourth-order valence-electron chi connectivity index (χ4n) is 6.33. The second-order valence-corrected chi connectivity index (χ2v) is 14.0. The van der Waals surface area contributed by atoms with Crippen molar-refractivity contribution >= 4 is 50.6 Å². The minimum Gasteiger partial charge on any atom is -0.309 e. The van der Waals surface area contributed by atoms with Crippen molar-refractivity contribution in [2.45, 2.75) is 6.92 Å². The molecule has 0 aliphatic heterocycles. The second-order valence-electron chi connectivity index (χ2n) is 10.2. The zero-order valence-electron chi connectivity index (χ0n) is 22.0. The SMILES string of the molecule is Cc1ccc([Si](c2ccccc2)(c2ccccc2)c2cccc3c2c2ccccc2n3-c2ccccc2)cc1. The average molecular weight is 516 g/mol. The van der Waals surface area contributed by atoms with E-state index < -0.39 is 8.07 Å². The van der Waals surface area contributed by atoms with Crippen molar-refractivity contribution in [2.24, 2.45) is 0 Å².